The van der Waals surface area contributed by atoms with Gasteiger partial charge in [-0.15, -0.1) is 0 Å². The van der Waals surface area contributed by atoms with Gasteiger partial charge in [0.1, 0.15) is 12.6 Å². The minimum Gasteiger partial charge on any atom is -0.504 e. The van der Waals surface area contributed by atoms with E-state index < -0.39 is 23.3 Å². The number of ketones is 1. The molecule has 3 aromatic rings. The van der Waals surface area contributed by atoms with Crippen LogP contribution in [0.25, 0.3) is 5.76 Å². The lowest BCUT2D eigenvalue weighted by Gasteiger charge is -2.07. The Bertz CT molecular complexity index is 949. The summed E-state index contributed by atoms with van der Waals surface area (Å²) in [6.07, 6.45) is -1.12. The number of allylic oxidation sites excluding steroid dienone is 1. The van der Waals surface area contributed by atoms with Crippen LogP contribution in [0.1, 0.15) is 21.7 Å². The standard InChI is InChI=1S/C16H10F3N3O3S/c17-16(18,19)10-2-1-3-11(5-10)26-14-4-9(7-25-14)12(23)6-13(24)15-20-8-21-22-15/h1-8,24H,(H,20,21,22). The zero-order valence-electron chi connectivity index (χ0n) is 12.8. The van der Waals surface area contributed by atoms with E-state index in [1.807, 2.05) is 0 Å². The van der Waals surface area contributed by atoms with E-state index in [4.69, 9.17) is 4.42 Å². The van der Waals surface area contributed by atoms with E-state index in [1.165, 1.54) is 24.5 Å². The van der Waals surface area contributed by atoms with Gasteiger partial charge in [-0.2, -0.15) is 18.3 Å². The van der Waals surface area contributed by atoms with Gasteiger partial charge >= 0.3 is 6.18 Å². The van der Waals surface area contributed by atoms with E-state index in [0.29, 0.717) is 4.90 Å². The first kappa shape index (κ1) is 17.8. The number of hydrogen-bond donors (Lipinski definition) is 2. The highest BCUT2D eigenvalue weighted by Gasteiger charge is 2.30. The van der Waals surface area contributed by atoms with Crippen molar-refractivity contribution in [3.63, 3.8) is 0 Å². The van der Waals surface area contributed by atoms with Crippen molar-refractivity contribution >= 4 is 23.3 Å². The third-order valence-corrected chi connectivity index (χ3v) is 4.06. The van der Waals surface area contributed by atoms with E-state index in [9.17, 15) is 23.1 Å². The Labute approximate surface area is 148 Å². The number of rotatable bonds is 5. The van der Waals surface area contributed by atoms with Gasteiger partial charge < -0.3 is 9.52 Å². The number of halogens is 3. The van der Waals surface area contributed by atoms with Crippen molar-refractivity contribution in [1.29, 1.82) is 0 Å². The molecule has 0 spiro atoms. The number of alkyl halides is 3. The molecule has 10 heteroatoms. The molecule has 0 radical (unpaired) electrons. The molecular weight excluding hydrogens is 371 g/mol. The van der Waals surface area contributed by atoms with Gasteiger partial charge in [-0.1, -0.05) is 17.8 Å². The highest BCUT2D eigenvalue weighted by Crippen LogP contribution is 2.35. The van der Waals surface area contributed by atoms with E-state index in [2.05, 4.69) is 15.2 Å². The third kappa shape index (κ3) is 4.14. The normalized spacial score (nSPS) is 12.3. The van der Waals surface area contributed by atoms with Crippen LogP contribution in [0.15, 0.2) is 63.4 Å². The predicted molar refractivity (Wildman–Crippen MR) is 85.6 cm³/mol. The summed E-state index contributed by atoms with van der Waals surface area (Å²) in [5, 5.41) is 16.0. The summed E-state index contributed by atoms with van der Waals surface area (Å²) >= 11 is 0.941. The second kappa shape index (κ2) is 7.08. The van der Waals surface area contributed by atoms with Crippen LogP contribution in [-0.2, 0) is 6.18 Å². The van der Waals surface area contributed by atoms with Crippen molar-refractivity contribution in [2.24, 2.45) is 0 Å². The molecular formula is C16H10F3N3O3S. The van der Waals surface area contributed by atoms with Gasteiger partial charge in [0.05, 0.1) is 11.1 Å². The fraction of sp³-hybridized carbons (Fsp3) is 0.0625. The second-order valence-electron chi connectivity index (χ2n) is 5.00. The molecule has 0 saturated heterocycles. The topological polar surface area (TPSA) is 92.0 Å². The van der Waals surface area contributed by atoms with E-state index in [0.717, 1.165) is 36.2 Å². The number of aliphatic hydroxyl groups is 1. The second-order valence-corrected chi connectivity index (χ2v) is 6.08. The fourth-order valence-electron chi connectivity index (χ4n) is 1.96. The molecule has 2 N–H and O–H groups in total. The van der Waals surface area contributed by atoms with Crippen molar-refractivity contribution < 1.29 is 27.5 Å². The Morgan fingerprint density at radius 2 is 2.12 bits per heavy atom. The first-order chi connectivity index (χ1) is 12.3. The number of aliphatic hydroxyl groups excluding tert-OH is 1. The third-order valence-electron chi connectivity index (χ3n) is 3.15. The molecule has 0 saturated carbocycles. The number of nitrogens with one attached hydrogen (secondary N) is 1. The van der Waals surface area contributed by atoms with Gasteiger partial charge in [0.25, 0.3) is 0 Å². The molecule has 2 aromatic heterocycles. The average Bonchev–Trinajstić information content (AvgIpc) is 3.26. The van der Waals surface area contributed by atoms with Gasteiger partial charge in [-0.25, -0.2) is 4.98 Å². The van der Waals surface area contributed by atoms with E-state index >= 15 is 0 Å². The minimum atomic E-state index is -4.44. The predicted octanol–water partition coefficient (Wildman–Crippen LogP) is 4.35. The number of benzene rings is 1. The number of carbonyl (C=O) groups excluding carboxylic acids is 1. The fourth-order valence-corrected chi connectivity index (χ4v) is 2.80. The van der Waals surface area contributed by atoms with E-state index in [1.54, 1.807) is 0 Å². The number of nitrogens with zero attached hydrogens (tertiary/aromatic N) is 2. The zero-order chi connectivity index (χ0) is 18.7. The zero-order valence-corrected chi connectivity index (χ0v) is 13.6. The lowest BCUT2D eigenvalue weighted by Crippen LogP contribution is -2.04. The van der Waals surface area contributed by atoms with Crippen LogP contribution in [0, 0.1) is 0 Å². The van der Waals surface area contributed by atoms with Crippen LogP contribution in [0.4, 0.5) is 13.2 Å². The maximum absolute atomic E-state index is 12.7. The molecule has 2 heterocycles. The van der Waals surface area contributed by atoms with Gasteiger partial charge in [0.2, 0.25) is 5.82 Å². The monoisotopic (exact) mass is 381 g/mol. The number of H-pyrrole nitrogens is 1. The van der Waals surface area contributed by atoms with Crippen molar-refractivity contribution in [3.05, 3.63) is 65.9 Å². The van der Waals surface area contributed by atoms with Crippen molar-refractivity contribution in [2.45, 2.75) is 16.2 Å². The maximum atomic E-state index is 12.7. The number of aromatic nitrogens is 3. The van der Waals surface area contributed by atoms with Gasteiger partial charge in [0, 0.05) is 17.0 Å². The number of furan rings is 1. The molecule has 0 aliphatic heterocycles. The average molecular weight is 381 g/mol. The summed E-state index contributed by atoms with van der Waals surface area (Å²) in [4.78, 5) is 16.1. The largest absolute Gasteiger partial charge is 0.504 e. The molecule has 134 valence electrons. The summed E-state index contributed by atoms with van der Waals surface area (Å²) in [6.45, 7) is 0. The molecule has 0 aliphatic carbocycles. The van der Waals surface area contributed by atoms with Crippen LogP contribution < -0.4 is 0 Å². The minimum absolute atomic E-state index is 0.0413. The molecule has 0 atom stereocenters. The van der Waals surface area contributed by atoms with Gasteiger partial charge in [0.15, 0.2) is 16.6 Å². The van der Waals surface area contributed by atoms with Crippen LogP contribution in [0.5, 0.6) is 0 Å². The van der Waals surface area contributed by atoms with Crippen LogP contribution in [0.2, 0.25) is 0 Å². The Morgan fingerprint density at radius 1 is 1.31 bits per heavy atom. The van der Waals surface area contributed by atoms with Crippen molar-refractivity contribution in [1.82, 2.24) is 15.2 Å². The number of hydrogen-bond acceptors (Lipinski definition) is 6. The van der Waals surface area contributed by atoms with Crippen molar-refractivity contribution in [2.75, 3.05) is 0 Å². The summed E-state index contributed by atoms with van der Waals surface area (Å²) in [5.41, 5.74) is -0.647. The summed E-state index contributed by atoms with van der Waals surface area (Å²) in [6, 6.07) is 6.12. The van der Waals surface area contributed by atoms with Crippen molar-refractivity contribution in [3.8, 4) is 0 Å². The summed E-state index contributed by atoms with van der Waals surface area (Å²) in [7, 11) is 0. The molecule has 0 aliphatic rings. The molecule has 1 aromatic carbocycles. The molecule has 0 fully saturated rings. The molecule has 0 unspecified atom stereocenters. The first-order valence-corrected chi connectivity index (χ1v) is 7.89. The molecule has 6 nitrogen and oxygen atoms in total. The number of carbonyl (C=O) groups is 1. The van der Waals surface area contributed by atoms with Crippen LogP contribution in [0.3, 0.4) is 0 Å². The Morgan fingerprint density at radius 3 is 2.81 bits per heavy atom. The highest BCUT2D eigenvalue weighted by atomic mass is 32.2. The SMILES string of the molecule is O=C(C=C(O)c1nc[nH]n1)c1coc(Sc2cccc(C(F)(F)F)c2)c1. The van der Waals surface area contributed by atoms with Crippen LogP contribution >= 0.6 is 11.8 Å². The summed E-state index contributed by atoms with van der Waals surface area (Å²) < 4.78 is 43.4. The molecule has 0 amide bonds. The van der Waals surface area contributed by atoms with E-state index in [-0.39, 0.29) is 16.5 Å². The Hall–Kier alpha value is -3.01. The Kier molecular flexibility index (Phi) is 4.85. The smallest absolute Gasteiger partial charge is 0.416 e. The number of aromatic amines is 1. The Balaban J connectivity index is 1.74. The quantitative estimate of drug-likeness (QED) is 0.388. The lowest BCUT2D eigenvalue weighted by molar-refractivity contribution is -0.137. The molecule has 3 rings (SSSR count). The van der Waals surface area contributed by atoms with Gasteiger partial charge in [-0.05, 0) is 18.2 Å². The highest BCUT2D eigenvalue weighted by molar-refractivity contribution is 7.99. The van der Waals surface area contributed by atoms with Gasteiger partial charge in [-0.3, -0.25) is 9.89 Å². The molecule has 0 bridgehead atoms. The summed E-state index contributed by atoms with van der Waals surface area (Å²) in [5.74, 6) is -1.03. The maximum Gasteiger partial charge on any atom is 0.416 e. The van der Waals surface area contributed by atoms with Crippen LogP contribution in [-0.4, -0.2) is 26.1 Å². The lowest BCUT2D eigenvalue weighted by atomic mass is 10.2. The first-order valence-electron chi connectivity index (χ1n) is 7.08. The molecule has 26 heavy (non-hydrogen) atoms.